The van der Waals surface area contributed by atoms with Crippen molar-refractivity contribution in [3.05, 3.63) is 64.8 Å². The first-order chi connectivity index (χ1) is 14.1. The van der Waals surface area contributed by atoms with Crippen LogP contribution in [0.4, 0.5) is 40.7 Å². The predicted molar refractivity (Wildman–Crippen MR) is 101 cm³/mol. The van der Waals surface area contributed by atoms with Gasteiger partial charge in [-0.15, -0.1) is 0 Å². The third-order valence-corrected chi connectivity index (χ3v) is 3.98. The van der Waals surface area contributed by atoms with E-state index < -0.39 is 23.5 Å². The molecule has 0 aliphatic carbocycles. The number of nitrogens with two attached hydrogens (primary N) is 1. The highest BCUT2D eigenvalue weighted by molar-refractivity contribution is 6.33. The highest BCUT2D eigenvalue weighted by atomic mass is 35.5. The van der Waals surface area contributed by atoms with E-state index in [1.165, 1.54) is 12.1 Å². The second-order valence-corrected chi connectivity index (χ2v) is 6.15. The summed E-state index contributed by atoms with van der Waals surface area (Å²) in [5, 5.41) is 2.30. The number of pyridine rings is 1. The molecule has 0 aliphatic heterocycles. The largest absolute Gasteiger partial charge is 0.417 e. The normalized spacial score (nSPS) is 11.1. The fourth-order valence-electron chi connectivity index (χ4n) is 2.18. The van der Waals surface area contributed by atoms with Crippen LogP contribution in [0.2, 0.25) is 5.02 Å². The number of hydrogen-bond donors (Lipinski definition) is 4. The Kier molecular flexibility index (Phi) is 5.87. The molecule has 0 bridgehead atoms. The van der Waals surface area contributed by atoms with Gasteiger partial charge in [0.05, 0.1) is 10.6 Å². The van der Waals surface area contributed by atoms with Crippen LogP contribution < -0.4 is 21.9 Å². The van der Waals surface area contributed by atoms with Crippen molar-refractivity contribution in [1.29, 1.82) is 0 Å². The number of hydrogen-bond acceptors (Lipinski definition) is 7. The number of carbonyl (C=O) groups excluding carboxylic acids is 1. The molecule has 0 saturated carbocycles. The number of rotatable bonds is 5. The van der Waals surface area contributed by atoms with E-state index in [2.05, 4.69) is 31.1 Å². The summed E-state index contributed by atoms with van der Waals surface area (Å²) in [5.41, 5.74) is 9.82. The van der Waals surface area contributed by atoms with Gasteiger partial charge < -0.3 is 11.1 Å². The molecule has 2 aromatic heterocycles. The topological polar surface area (TPSA) is 118 Å². The molecule has 0 aliphatic rings. The van der Waals surface area contributed by atoms with Crippen LogP contribution in [0.5, 0.6) is 0 Å². The molecule has 5 N–H and O–H groups in total. The first kappa shape index (κ1) is 21.0. The number of nitrogen functional groups attached to an aromatic ring is 1. The Morgan fingerprint density at radius 1 is 1.03 bits per heavy atom. The van der Waals surface area contributed by atoms with Crippen molar-refractivity contribution in [1.82, 2.24) is 20.4 Å². The van der Waals surface area contributed by atoms with Gasteiger partial charge in [-0.3, -0.25) is 15.6 Å². The number of benzene rings is 1. The summed E-state index contributed by atoms with van der Waals surface area (Å²) in [6, 6.07) is 5.51. The molecule has 156 valence electrons. The quantitative estimate of drug-likeness (QED) is 0.351. The maximum absolute atomic E-state index is 12.9. The molecule has 0 radical (unpaired) electrons. The van der Waals surface area contributed by atoms with Crippen molar-refractivity contribution in [3.63, 3.8) is 0 Å². The van der Waals surface area contributed by atoms with Crippen molar-refractivity contribution in [2.24, 2.45) is 0 Å². The zero-order chi connectivity index (χ0) is 21.9. The lowest BCUT2D eigenvalue weighted by atomic mass is 10.2. The molecule has 0 unspecified atom stereocenters. The molecule has 13 heteroatoms. The lowest BCUT2D eigenvalue weighted by molar-refractivity contribution is -0.137. The molecule has 30 heavy (non-hydrogen) atoms. The predicted octanol–water partition coefficient (Wildman–Crippen LogP) is 3.77. The lowest BCUT2D eigenvalue weighted by Gasteiger charge is -2.14. The van der Waals surface area contributed by atoms with Crippen molar-refractivity contribution >= 4 is 40.6 Å². The van der Waals surface area contributed by atoms with Crippen molar-refractivity contribution < 1.29 is 22.4 Å². The van der Waals surface area contributed by atoms with Crippen LogP contribution in [-0.4, -0.2) is 20.9 Å². The lowest BCUT2D eigenvalue weighted by Crippen LogP contribution is -2.30. The van der Waals surface area contributed by atoms with Crippen LogP contribution in [0.25, 0.3) is 0 Å². The Morgan fingerprint density at radius 3 is 2.33 bits per heavy atom. The summed E-state index contributed by atoms with van der Waals surface area (Å²) in [6.45, 7) is 0. The van der Waals surface area contributed by atoms with Crippen LogP contribution in [-0.2, 0) is 6.18 Å². The number of nitrogens with zero attached hydrogens (tertiary/aromatic N) is 3. The van der Waals surface area contributed by atoms with Crippen molar-refractivity contribution in [2.45, 2.75) is 6.18 Å². The number of amides is 1. The van der Waals surface area contributed by atoms with Crippen LogP contribution >= 0.6 is 11.6 Å². The van der Waals surface area contributed by atoms with Gasteiger partial charge >= 0.3 is 6.18 Å². The van der Waals surface area contributed by atoms with Gasteiger partial charge in [-0.05, 0) is 30.3 Å². The number of hydrazine groups is 1. The number of carbonyl (C=O) groups is 1. The number of nitrogens with one attached hydrogen (secondary N) is 3. The molecule has 0 fully saturated rings. The summed E-state index contributed by atoms with van der Waals surface area (Å²) in [4.78, 5) is 23.4. The molecule has 1 amide bonds. The second-order valence-electron chi connectivity index (χ2n) is 5.75. The standard InChI is InChI=1S/C17H12ClF4N7O/c18-11-5-9(17(20,21)22)6-24-13(11)27-14-12(23)15(26-7-25-14)28-29-16(30)8-1-3-10(19)4-2-8/h1-7H,23H2,(H,29,30)(H2,24,25,26,27,28). The number of halogens is 5. The smallest absolute Gasteiger partial charge is 0.393 e. The molecule has 0 saturated heterocycles. The maximum Gasteiger partial charge on any atom is 0.417 e. The van der Waals surface area contributed by atoms with E-state index in [1.807, 2.05) is 0 Å². The van der Waals surface area contributed by atoms with Gasteiger partial charge in [-0.1, -0.05) is 11.6 Å². The fourth-order valence-corrected chi connectivity index (χ4v) is 2.39. The number of alkyl halides is 3. The molecule has 1 aromatic carbocycles. The first-order valence-electron chi connectivity index (χ1n) is 8.07. The summed E-state index contributed by atoms with van der Waals surface area (Å²) in [7, 11) is 0. The molecular weight excluding hydrogens is 430 g/mol. The van der Waals surface area contributed by atoms with Gasteiger partial charge in [0, 0.05) is 11.8 Å². The van der Waals surface area contributed by atoms with Gasteiger partial charge in [0.2, 0.25) is 0 Å². The molecular formula is C17H12ClF4N7O. The summed E-state index contributed by atoms with van der Waals surface area (Å²) in [5.74, 6) is -1.22. The Labute approximate surface area is 171 Å². The van der Waals surface area contributed by atoms with Crippen LogP contribution in [0, 0.1) is 5.82 Å². The Bertz CT molecular complexity index is 1080. The first-order valence-corrected chi connectivity index (χ1v) is 8.45. The van der Waals surface area contributed by atoms with Gasteiger partial charge in [-0.2, -0.15) is 13.2 Å². The molecule has 2 heterocycles. The molecule has 3 rings (SSSR count). The van der Waals surface area contributed by atoms with Crippen molar-refractivity contribution in [2.75, 3.05) is 16.5 Å². The highest BCUT2D eigenvalue weighted by Gasteiger charge is 2.31. The Balaban J connectivity index is 1.73. The van der Waals surface area contributed by atoms with E-state index in [0.717, 1.165) is 18.5 Å². The second kappa shape index (κ2) is 8.37. The molecule has 0 spiro atoms. The van der Waals surface area contributed by atoms with Gasteiger partial charge in [0.1, 0.15) is 23.6 Å². The van der Waals surface area contributed by atoms with E-state index in [4.69, 9.17) is 17.3 Å². The number of anilines is 4. The monoisotopic (exact) mass is 441 g/mol. The maximum atomic E-state index is 12.9. The third-order valence-electron chi connectivity index (χ3n) is 3.69. The van der Waals surface area contributed by atoms with Crippen LogP contribution in [0.3, 0.4) is 0 Å². The van der Waals surface area contributed by atoms with Crippen LogP contribution in [0.15, 0.2) is 42.9 Å². The highest BCUT2D eigenvalue weighted by Crippen LogP contribution is 2.34. The minimum absolute atomic E-state index is 0.00834. The number of aromatic nitrogens is 3. The van der Waals surface area contributed by atoms with E-state index in [9.17, 15) is 22.4 Å². The van der Waals surface area contributed by atoms with E-state index >= 15 is 0 Å². The molecule has 8 nitrogen and oxygen atoms in total. The summed E-state index contributed by atoms with van der Waals surface area (Å²) >= 11 is 5.85. The minimum Gasteiger partial charge on any atom is -0.393 e. The summed E-state index contributed by atoms with van der Waals surface area (Å²) in [6.07, 6.45) is -2.90. The van der Waals surface area contributed by atoms with Gasteiger partial charge in [-0.25, -0.2) is 19.3 Å². The fraction of sp³-hybridized carbons (Fsp3) is 0.0588. The SMILES string of the molecule is Nc1c(NNC(=O)c2ccc(F)cc2)ncnc1Nc1ncc(C(F)(F)F)cc1Cl. The minimum atomic E-state index is -4.59. The van der Waals surface area contributed by atoms with Gasteiger partial charge in [0.15, 0.2) is 11.6 Å². The Morgan fingerprint density at radius 2 is 1.70 bits per heavy atom. The Hall–Kier alpha value is -3.67. The molecule has 0 atom stereocenters. The van der Waals surface area contributed by atoms with Crippen LogP contribution in [0.1, 0.15) is 15.9 Å². The zero-order valence-corrected chi connectivity index (χ0v) is 15.5. The average Bonchev–Trinajstić information content (AvgIpc) is 2.69. The molecule has 3 aromatic rings. The third kappa shape index (κ3) is 4.84. The van der Waals surface area contributed by atoms with E-state index in [-0.39, 0.29) is 33.7 Å². The zero-order valence-electron chi connectivity index (χ0n) is 14.8. The van der Waals surface area contributed by atoms with E-state index in [0.29, 0.717) is 12.3 Å². The van der Waals surface area contributed by atoms with Crippen molar-refractivity contribution in [3.8, 4) is 0 Å². The average molecular weight is 442 g/mol. The van der Waals surface area contributed by atoms with E-state index in [1.54, 1.807) is 0 Å². The van der Waals surface area contributed by atoms with Gasteiger partial charge in [0.25, 0.3) is 5.91 Å². The summed E-state index contributed by atoms with van der Waals surface area (Å²) < 4.78 is 51.1.